The van der Waals surface area contributed by atoms with Gasteiger partial charge in [0, 0.05) is 30.1 Å². The van der Waals surface area contributed by atoms with Gasteiger partial charge >= 0.3 is 0 Å². The summed E-state index contributed by atoms with van der Waals surface area (Å²) in [5, 5.41) is 3.73. The minimum atomic E-state index is -0.0548. The molecule has 2 amide bonds. The molecule has 0 bridgehead atoms. The first kappa shape index (κ1) is 21.5. The Morgan fingerprint density at radius 2 is 2.00 bits per heavy atom. The zero-order valence-corrected chi connectivity index (χ0v) is 17.7. The number of nitrogens with zero attached hydrogens (tertiary/aromatic N) is 1. The number of benzene rings is 1. The van der Waals surface area contributed by atoms with Gasteiger partial charge in [-0.2, -0.15) is 0 Å². The van der Waals surface area contributed by atoms with Gasteiger partial charge in [0.15, 0.2) is 6.61 Å². The van der Waals surface area contributed by atoms with Crippen molar-refractivity contribution in [3.05, 3.63) is 28.3 Å². The number of likely N-dealkylation sites (tertiary alicyclic amines) is 1. The second-order valence-electron chi connectivity index (χ2n) is 7.92. The smallest absolute Gasteiger partial charge is 0.260 e. The van der Waals surface area contributed by atoms with Crippen LogP contribution in [-0.4, -0.2) is 42.5 Å². The molecule has 0 radical (unpaired) electrons. The average molecular weight is 395 g/mol. The third-order valence-corrected chi connectivity index (χ3v) is 5.32. The van der Waals surface area contributed by atoms with Gasteiger partial charge in [0.2, 0.25) is 5.91 Å². The lowest BCUT2D eigenvalue weighted by Gasteiger charge is -2.33. The summed E-state index contributed by atoms with van der Waals surface area (Å²) in [5.74, 6) is 0.882. The fourth-order valence-electron chi connectivity index (χ4n) is 3.17. The number of nitrogens with one attached hydrogen (secondary N) is 1. The minimum absolute atomic E-state index is 0.00829. The van der Waals surface area contributed by atoms with E-state index in [0.717, 1.165) is 24.0 Å². The number of ether oxygens (including phenoxy) is 1. The highest BCUT2D eigenvalue weighted by atomic mass is 35.5. The van der Waals surface area contributed by atoms with Crippen LogP contribution in [-0.2, 0) is 9.59 Å². The van der Waals surface area contributed by atoms with Crippen molar-refractivity contribution in [2.75, 3.05) is 19.7 Å². The summed E-state index contributed by atoms with van der Waals surface area (Å²) < 4.78 is 5.87. The first-order valence-electron chi connectivity index (χ1n) is 9.70. The summed E-state index contributed by atoms with van der Waals surface area (Å²) in [6.45, 7) is 11.0. The second-order valence-corrected chi connectivity index (χ2v) is 8.33. The quantitative estimate of drug-likeness (QED) is 0.795. The highest BCUT2D eigenvalue weighted by Gasteiger charge is 2.26. The summed E-state index contributed by atoms with van der Waals surface area (Å²) >= 11 is 6.23. The number of aryl methyl sites for hydroxylation is 1. The van der Waals surface area contributed by atoms with Crippen LogP contribution >= 0.6 is 11.6 Å². The van der Waals surface area contributed by atoms with Crippen LogP contribution in [0.5, 0.6) is 5.75 Å². The molecule has 1 fully saturated rings. The Hall–Kier alpha value is -1.75. The molecule has 1 unspecified atom stereocenters. The predicted molar refractivity (Wildman–Crippen MR) is 108 cm³/mol. The number of halogens is 1. The molecule has 1 saturated heterocycles. The first-order valence-corrected chi connectivity index (χ1v) is 10.1. The molecule has 1 aromatic rings. The van der Waals surface area contributed by atoms with E-state index in [9.17, 15) is 9.59 Å². The Balaban J connectivity index is 1.97. The van der Waals surface area contributed by atoms with Crippen LogP contribution in [0.2, 0.25) is 5.02 Å². The van der Waals surface area contributed by atoms with E-state index in [0.29, 0.717) is 23.9 Å². The highest BCUT2D eigenvalue weighted by Crippen LogP contribution is 2.32. The Kier molecular flexibility index (Phi) is 7.54. The van der Waals surface area contributed by atoms with Crippen molar-refractivity contribution in [3.63, 3.8) is 0 Å². The van der Waals surface area contributed by atoms with Gasteiger partial charge in [0.25, 0.3) is 5.91 Å². The maximum atomic E-state index is 12.6. The molecule has 0 aromatic heterocycles. The van der Waals surface area contributed by atoms with Gasteiger partial charge in [0.1, 0.15) is 5.75 Å². The molecule has 0 spiro atoms. The highest BCUT2D eigenvalue weighted by molar-refractivity contribution is 6.31. The molecule has 5 nitrogen and oxygen atoms in total. The van der Waals surface area contributed by atoms with Crippen LogP contribution in [0.15, 0.2) is 12.1 Å². The van der Waals surface area contributed by atoms with Crippen molar-refractivity contribution in [1.82, 2.24) is 10.2 Å². The molecule has 0 saturated carbocycles. The summed E-state index contributed by atoms with van der Waals surface area (Å²) in [4.78, 5) is 26.3. The number of amides is 2. The van der Waals surface area contributed by atoms with Crippen LogP contribution in [0.3, 0.4) is 0 Å². The number of rotatable bonds is 6. The predicted octanol–water partition coefficient (Wildman–Crippen LogP) is 3.91. The Morgan fingerprint density at radius 3 is 2.63 bits per heavy atom. The lowest BCUT2D eigenvalue weighted by molar-refractivity contribution is -0.135. The summed E-state index contributed by atoms with van der Waals surface area (Å²) in [7, 11) is 0. The molecular formula is C21H31ClN2O3. The number of carbonyl (C=O) groups is 2. The number of piperidine rings is 1. The van der Waals surface area contributed by atoms with E-state index < -0.39 is 0 Å². The van der Waals surface area contributed by atoms with Gasteiger partial charge in [-0.15, -0.1) is 0 Å². The van der Waals surface area contributed by atoms with Crippen molar-refractivity contribution >= 4 is 23.4 Å². The van der Waals surface area contributed by atoms with Gasteiger partial charge in [0.05, 0.1) is 0 Å². The van der Waals surface area contributed by atoms with E-state index >= 15 is 0 Å². The Bertz CT molecular complexity index is 688. The van der Waals surface area contributed by atoms with E-state index in [4.69, 9.17) is 16.3 Å². The van der Waals surface area contributed by atoms with Crippen LogP contribution in [0.4, 0.5) is 0 Å². The van der Waals surface area contributed by atoms with E-state index in [-0.39, 0.29) is 36.3 Å². The van der Waals surface area contributed by atoms with Gasteiger partial charge in [-0.1, -0.05) is 39.3 Å². The lowest BCUT2D eigenvalue weighted by Crippen LogP contribution is -2.51. The van der Waals surface area contributed by atoms with Crippen LogP contribution in [0.1, 0.15) is 57.6 Å². The summed E-state index contributed by atoms with van der Waals surface area (Å²) in [6.07, 6.45) is 1.78. The number of carbonyl (C=O) groups excluding carboxylic acids is 2. The van der Waals surface area contributed by atoms with E-state index in [2.05, 4.69) is 19.2 Å². The molecule has 150 valence electrons. The monoisotopic (exact) mass is 394 g/mol. The fourth-order valence-corrected chi connectivity index (χ4v) is 3.34. The normalized spacial score (nSPS) is 17.3. The zero-order valence-electron chi connectivity index (χ0n) is 17.0. The van der Waals surface area contributed by atoms with Crippen LogP contribution in [0.25, 0.3) is 0 Å². The first-order chi connectivity index (χ1) is 12.7. The molecule has 1 atom stereocenters. The van der Waals surface area contributed by atoms with Gasteiger partial charge in [-0.25, -0.2) is 0 Å². The molecule has 1 N–H and O–H groups in total. The Morgan fingerprint density at radius 1 is 1.30 bits per heavy atom. The van der Waals surface area contributed by atoms with Crippen molar-refractivity contribution < 1.29 is 14.3 Å². The van der Waals surface area contributed by atoms with Gasteiger partial charge in [-0.05, 0) is 48.9 Å². The molecule has 1 aliphatic rings. The maximum Gasteiger partial charge on any atom is 0.260 e. The van der Waals surface area contributed by atoms with Crippen molar-refractivity contribution in [2.45, 2.75) is 59.4 Å². The third kappa shape index (κ3) is 5.86. The van der Waals surface area contributed by atoms with Crippen molar-refractivity contribution in [1.29, 1.82) is 0 Å². The van der Waals surface area contributed by atoms with E-state index in [1.807, 2.05) is 32.9 Å². The fraction of sp³-hybridized carbons (Fsp3) is 0.619. The Labute approximate surface area is 167 Å². The topological polar surface area (TPSA) is 58.6 Å². The molecule has 1 heterocycles. The number of hydrogen-bond donors (Lipinski definition) is 1. The molecule has 6 heteroatoms. The minimum Gasteiger partial charge on any atom is -0.483 e. The zero-order chi connectivity index (χ0) is 20.1. The molecule has 1 aromatic carbocycles. The van der Waals surface area contributed by atoms with Crippen LogP contribution in [0, 0.1) is 12.8 Å². The maximum absolute atomic E-state index is 12.6. The SMILES string of the molecule is Cc1cc(OCC(=O)N2CCCC(NC(=O)C(C)C)C2)c(C(C)C)cc1Cl. The third-order valence-electron chi connectivity index (χ3n) is 4.91. The van der Waals surface area contributed by atoms with Crippen molar-refractivity contribution in [3.8, 4) is 5.75 Å². The summed E-state index contributed by atoms with van der Waals surface area (Å²) in [6, 6.07) is 3.83. The summed E-state index contributed by atoms with van der Waals surface area (Å²) in [5.41, 5.74) is 1.93. The molecule has 2 rings (SSSR count). The second kappa shape index (κ2) is 9.45. The van der Waals surface area contributed by atoms with Gasteiger partial charge < -0.3 is 15.0 Å². The average Bonchev–Trinajstić information content (AvgIpc) is 2.61. The lowest BCUT2D eigenvalue weighted by atomic mass is 10.0. The van der Waals surface area contributed by atoms with Crippen molar-refractivity contribution in [2.24, 2.45) is 5.92 Å². The number of hydrogen-bond acceptors (Lipinski definition) is 3. The van der Waals surface area contributed by atoms with E-state index in [1.165, 1.54) is 0 Å². The van der Waals surface area contributed by atoms with E-state index in [1.54, 1.807) is 4.90 Å². The molecular weight excluding hydrogens is 364 g/mol. The molecule has 27 heavy (non-hydrogen) atoms. The van der Waals surface area contributed by atoms with Gasteiger partial charge in [-0.3, -0.25) is 9.59 Å². The molecule has 0 aliphatic carbocycles. The standard InChI is InChI=1S/C21H31ClN2O3/c1-13(2)17-10-18(22)15(5)9-19(17)27-12-20(25)24-8-6-7-16(11-24)23-21(26)14(3)4/h9-10,13-14,16H,6-8,11-12H2,1-5H3,(H,23,26). The molecule has 1 aliphatic heterocycles. The largest absolute Gasteiger partial charge is 0.483 e. The van der Waals surface area contributed by atoms with Crippen LogP contribution < -0.4 is 10.1 Å².